The maximum Gasteiger partial charge on any atom is 0.223 e. The summed E-state index contributed by atoms with van der Waals surface area (Å²) in [6, 6.07) is 6.97. The van der Waals surface area contributed by atoms with Crippen LogP contribution in [0.2, 0.25) is 0 Å². The van der Waals surface area contributed by atoms with Crippen molar-refractivity contribution in [2.45, 2.75) is 51.6 Å². The Morgan fingerprint density at radius 3 is 2.79 bits per heavy atom. The van der Waals surface area contributed by atoms with Crippen LogP contribution in [0.4, 0.5) is 4.39 Å². The molecule has 2 aliphatic rings. The molecule has 24 heavy (non-hydrogen) atoms. The zero-order chi connectivity index (χ0) is 16.2. The molecule has 2 fully saturated rings. The molecule has 0 aromatic heterocycles. The first-order chi connectivity index (χ1) is 11.1. The minimum atomic E-state index is -0.229. The van der Waals surface area contributed by atoms with E-state index in [9.17, 15) is 9.18 Å². The maximum atomic E-state index is 13.4. The van der Waals surface area contributed by atoms with Gasteiger partial charge in [0, 0.05) is 19.0 Å². The van der Waals surface area contributed by atoms with Crippen LogP contribution in [0, 0.1) is 17.7 Å². The summed E-state index contributed by atoms with van der Waals surface area (Å²) in [6.45, 7) is 4.87. The lowest BCUT2D eigenvalue weighted by Gasteiger charge is -2.30. The number of hydrogen-bond donors (Lipinski definition) is 1. The zero-order valence-electron chi connectivity index (χ0n) is 14.3. The minimum Gasteiger partial charge on any atom is -0.335 e. The van der Waals surface area contributed by atoms with Crippen LogP contribution in [0.25, 0.3) is 0 Å². The van der Waals surface area contributed by atoms with Crippen molar-refractivity contribution < 1.29 is 9.18 Å². The van der Waals surface area contributed by atoms with Gasteiger partial charge in [-0.15, -0.1) is 12.4 Å². The number of carbonyl (C=O) groups excluding carboxylic acids is 1. The third-order valence-electron chi connectivity index (χ3n) is 5.19. The van der Waals surface area contributed by atoms with E-state index in [4.69, 9.17) is 0 Å². The number of halogens is 2. The Morgan fingerprint density at radius 1 is 1.38 bits per heavy atom. The highest BCUT2D eigenvalue weighted by molar-refractivity contribution is 5.85. The van der Waals surface area contributed by atoms with Crippen molar-refractivity contribution in [3.63, 3.8) is 0 Å². The average Bonchev–Trinajstić information content (AvgIpc) is 3.38. The summed E-state index contributed by atoms with van der Waals surface area (Å²) in [5, 5.41) is 3.43. The van der Waals surface area contributed by atoms with Crippen molar-refractivity contribution in [1.29, 1.82) is 0 Å². The van der Waals surface area contributed by atoms with E-state index < -0.39 is 0 Å². The molecule has 134 valence electrons. The molecule has 1 heterocycles. The van der Waals surface area contributed by atoms with Gasteiger partial charge in [-0.1, -0.05) is 19.1 Å². The number of hydrogen-bond acceptors (Lipinski definition) is 2. The van der Waals surface area contributed by atoms with E-state index in [-0.39, 0.29) is 24.1 Å². The highest BCUT2D eigenvalue weighted by Gasteiger charge is 2.34. The lowest BCUT2D eigenvalue weighted by Crippen LogP contribution is -2.37. The summed E-state index contributed by atoms with van der Waals surface area (Å²) in [4.78, 5) is 14.8. The van der Waals surface area contributed by atoms with Crippen molar-refractivity contribution in [2.24, 2.45) is 11.8 Å². The fourth-order valence-electron chi connectivity index (χ4n) is 3.56. The normalized spacial score (nSPS) is 21.7. The van der Waals surface area contributed by atoms with E-state index >= 15 is 0 Å². The summed E-state index contributed by atoms with van der Waals surface area (Å²) in [7, 11) is 0. The van der Waals surface area contributed by atoms with Gasteiger partial charge in [0.05, 0.1) is 0 Å². The van der Waals surface area contributed by atoms with Crippen molar-refractivity contribution in [1.82, 2.24) is 10.2 Å². The van der Waals surface area contributed by atoms with Gasteiger partial charge in [-0.25, -0.2) is 4.39 Å². The number of benzene rings is 1. The Morgan fingerprint density at radius 2 is 2.17 bits per heavy atom. The predicted octanol–water partition coefficient (Wildman–Crippen LogP) is 3.76. The van der Waals surface area contributed by atoms with Crippen molar-refractivity contribution >= 4 is 18.3 Å². The van der Waals surface area contributed by atoms with Crippen molar-refractivity contribution in [3.05, 3.63) is 35.6 Å². The Balaban J connectivity index is 0.00000208. The van der Waals surface area contributed by atoms with Crippen LogP contribution in [0.3, 0.4) is 0 Å². The van der Waals surface area contributed by atoms with E-state index in [1.807, 2.05) is 11.0 Å². The Kier molecular flexibility index (Phi) is 7.05. The van der Waals surface area contributed by atoms with Gasteiger partial charge in [-0.2, -0.15) is 0 Å². The molecule has 1 aromatic carbocycles. The summed E-state index contributed by atoms with van der Waals surface area (Å²) < 4.78 is 13.4. The molecule has 1 aliphatic carbocycles. The van der Waals surface area contributed by atoms with Crippen LogP contribution >= 0.6 is 12.4 Å². The van der Waals surface area contributed by atoms with Gasteiger partial charge in [0.2, 0.25) is 5.91 Å². The van der Waals surface area contributed by atoms with E-state index in [2.05, 4.69) is 12.2 Å². The van der Waals surface area contributed by atoms with Gasteiger partial charge in [0.15, 0.2) is 0 Å². The molecule has 2 atom stereocenters. The fourth-order valence-corrected chi connectivity index (χ4v) is 3.56. The summed E-state index contributed by atoms with van der Waals surface area (Å²) >= 11 is 0. The van der Waals surface area contributed by atoms with Crippen molar-refractivity contribution in [2.75, 3.05) is 13.1 Å². The minimum absolute atomic E-state index is 0. The molecule has 5 heteroatoms. The van der Waals surface area contributed by atoms with Crippen molar-refractivity contribution in [3.8, 4) is 0 Å². The van der Waals surface area contributed by atoms with Gasteiger partial charge < -0.3 is 10.2 Å². The number of rotatable bonds is 6. The first-order valence-electron chi connectivity index (χ1n) is 8.88. The number of amides is 1. The summed E-state index contributed by atoms with van der Waals surface area (Å²) in [6.07, 6.45) is 5.20. The predicted molar refractivity (Wildman–Crippen MR) is 96.6 cm³/mol. The molecule has 1 saturated carbocycles. The van der Waals surface area contributed by atoms with Gasteiger partial charge in [0.1, 0.15) is 5.82 Å². The number of nitrogens with zero attached hydrogens (tertiary/aromatic N) is 1. The quantitative estimate of drug-likeness (QED) is 0.843. The molecular formula is C19H28ClFN2O. The third-order valence-corrected chi connectivity index (χ3v) is 5.19. The lowest BCUT2D eigenvalue weighted by molar-refractivity contribution is -0.133. The molecule has 1 amide bonds. The zero-order valence-corrected chi connectivity index (χ0v) is 15.2. The second-order valence-electron chi connectivity index (χ2n) is 7.17. The van der Waals surface area contributed by atoms with Crippen LogP contribution in [0.5, 0.6) is 0 Å². The SMILES string of the molecule is CC(CC(=O)N(Cc1cccc(F)c1)C1CC1)C1CCCNC1.Cl. The smallest absolute Gasteiger partial charge is 0.223 e. The number of piperidine rings is 1. The van der Waals surface area contributed by atoms with Gasteiger partial charge in [-0.3, -0.25) is 4.79 Å². The fraction of sp³-hybridized carbons (Fsp3) is 0.632. The molecule has 0 bridgehead atoms. The molecule has 1 N–H and O–H groups in total. The molecular weight excluding hydrogens is 327 g/mol. The highest BCUT2D eigenvalue weighted by atomic mass is 35.5. The van der Waals surface area contributed by atoms with Crippen LogP contribution in [-0.2, 0) is 11.3 Å². The van der Waals surface area contributed by atoms with Gasteiger partial charge >= 0.3 is 0 Å². The Hall–Kier alpha value is -1.13. The largest absolute Gasteiger partial charge is 0.335 e. The molecule has 3 nitrogen and oxygen atoms in total. The Labute approximate surface area is 150 Å². The average molecular weight is 355 g/mol. The molecule has 1 aliphatic heterocycles. The topological polar surface area (TPSA) is 32.3 Å². The molecule has 1 aromatic rings. The lowest BCUT2D eigenvalue weighted by atomic mass is 9.85. The number of carbonyl (C=O) groups is 1. The second-order valence-corrected chi connectivity index (χ2v) is 7.17. The van der Waals surface area contributed by atoms with E-state index in [0.29, 0.717) is 30.8 Å². The van der Waals surface area contributed by atoms with E-state index in [0.717, 1.165) is 31.5 Å². The molecule has 1 saturated heterocycles. The first-order valence-corrected chi connectivity index (χ1v) is 8.88. The third kappa shape index (κ3) is 5.18. The van der Waals surface area contributed by atoms with Gasteiger partial charge in [-0.05, 0) is 68.3 Å². The van der Waals surface area contributed by atoms with Crippen LogP contribution < -0.4 is 5.32 Å². The summed E-state index contributed by atoms with van der Waals surface area (Å²) in [5.41, 5.74) is 0.886. The van der Waals surface area contributed by atoms with E-state index in [1.54, 1.807) is 6.07 Å². The Bertz CT molecular complexity index is 544. The van der Waals surface area contributed by atoms with Crippen LogP contribution in [0.1, 0.15) is 44.6 Å². The van der Waals surface area contributed by atoms with Crippen LogP contribution in [0.15, 0.2) is 24.3 Å². The molecule has 2 unspecified atom stereocenters. The standard InChI is InChI=1S/C19H27FN2O.ClH/c1-14(16-5-3-9-21-12-16)10-19(23)22(18-7-8-18)13-15-4-2-6-17(20)11-15;/h2,4,6,11,14,16,18,21H,3,5,7-10,12-13H2,1H3;1H. The number of nitrogens with one attached hydrogen (secondary N) is 1. The van der Waals surface area contributed by atoms with Crippen LogP contribution in [-0.4, -0.2) is 29.9 Å². The van der Waals surface area contributed by atoms with E-state index in [1.165, 1.54) is 25.0 Å². The van der Waals surface area contributed by atoms with Gasteiger partial charge in [0.25, 0.3) is 0 Å². The highest BCUT2D eigenvalue weighted by Crippen LogP contribution is 2.31. The maximum absolute atomic E-state index is 13.4. The summed E-state index contributed by atoms with van der Waals surface area (Å²) in [5.74, 6) is 1.01. The molecule has 0 radical (unpaired) electrons. The monoisotopic (exact) mass is 354 g/mol. The molecule has 3 rings (SSSR count). The first kappa shape index (κ1) is 19.2. The molecule has 0 spiro atoms. The second kappa shape index (κ2) is 8.82.